The minimum absolute atomic E-state index is 0.0469. The molecule has 1 heterocycles. The lowest BCUT2D eigenvalue weighted by atomic mass is 9.88. The van der Waals surface area contributed by atoms with E-state index in [9.17, 15) is 9.59 Å². The van der Waals surface area contributed by atoms with Crippen molar-refractivity contribution in [2.45, 2.75) is 19.3 Å². The highest BCUT2D eigenvalue weighted by molar-refractivity contribution is 7.78. The summed E-state index contributed by atoms with van der Waals surface area (Å²) in [4.78, 5) is 27.0. The van der Waals surface area contributed by atoms with E-state index in [4.69, 9.17) is 0 Å². The van der Waals surface area contributed by atoms with Crippen molar-refractivity contribution in [3.8, 4) is 0 Å². The van der Waals surface area contributed by atoms with E-state index in [-0.39, 0.29) is 11.7 Å². The number of carbonyl (C=O) groups is 2. The average Bonchev–Trinajstić information content (AvgIpc) is 2.62. The number of thiol groups is 1. The van der Waals surface area contributed by atoms with E-state index in [1.165, 1.54) is 6.21 Å². The molecule has 0 fully saturated rings. The number of hydrogen-bond donors (Lipinski definition) is 2. The van der Waals surface area contributed by atoms with E-state index in [0.29, 0.717) is 12.0 Å². The molecule has 0 aromatic rings. The molecule has 0 aromatic carbocycles. The molecule has 0 bridgehead atoms. The van der Waals surface area contributed by atoms with Gasteiger partial charge < -0.3 is 4.72 Å². The van der Waals surface area contributed by atoms with Gasteiger partial charge >= 0.3 is 0 Å². The van der Waals surface area contributed by atoms with Crippen LogP contribution in [0.15, 0.2) is 16.3 Å². The van der Waals surface area contributed by atoms with E-state index in [1.807, 2.05) is 0 Å². The van der Waals surface area contributed by atoms with Crippen LogP contribution in [0.5, 0.6) is 0 Å². The summed E-state index contributed by atoms with van der Waals surface area (Å²) in [6.45, 7) is 0. The summed E-state index contributed by atoms with van der Waals surface area (Å²) < 4.78 is 2.24. The van der Waals surface area contributed by atoms with Crippen LogP contribution in [-0.4, -0.2) is 17.9 Å². The fourth-order valence-electron chi connectivity index (χ4n) is 1.84. The van der Waals surface area contributed by atoms with Gasteiger partial charge in [0.15, 0.2) is 5.78 Å². The summed E-state index contributed by atoms with van der Waals surface area (Å²) in [5, 5.41) is 0. The third kappa shape index (κ3) is 1.37. The zero-order valence-corrected chi connectivity index (χ0v) is 8.38. The van der Waals surface area contributed by atoms with Crippen LogP contribution < -0.4 is 4.72 Å². The van der Waals surface area contributed by atoms with Crippen molar-refractivity contribution in [2.75, 3.05) is 0 Å². The number of aliphatic imine (C=N–C) groups is 1. The molecule has 0 saturated heterocycles. The minimum atomic E-state index is -0.518. The average molecular weight is 210 g/mol. The Morgan fingerprint density at radius 3 is 3.07 bits per heavy atom. The lowest BCUT2D eigenvalue weighted by Gasteiger charge is -2.15. The Bertz CT molecular complexity index is 360. The predicted molar refractivity (Wildman–Crippen MR) is 55.0 cm³/mol. The second-order valence-corrected chi connectivity index (χ2v) is 3.59. The van der Waals surface area contributed by atoms with Crippen LogP contribution in [0.3, 0.4) is 0 Å². The second kappa shape index (κ2) is 3.57. The molecule has 0 spiro atoms. The monoisotopic (exact) mass is 210 g/mol. The molecular formula is C9H10N2O2S. The SMILES string of the molecule is O=C1CCCC2=C1C(C(=O)NS)C=N2. The van der Waals surface area contributed by atoms with Crippen molar-refractivity contribution in [3.63, 3.8) is 0 Å². The van der Waals surface area contributed by atoms with Gasteiger partial charge in [-0.3, -0.25) is 14.6 Å². The van der Waals surface area contributed by atoms with Crippen LogP contribution in [0.2, 0.25) is 0 Å². The summed E-state index contributed by atoms with van der Waals surface area (Å²) in [6, 6.07) is 0. The Kier molecular flexibility index (Phi) is 2.41. The maximum atomic E-state index is 11.6. The zero-order valence-electron chi connectivity index (χ0n) is 7.49. The summed E-state index contributed by atoms with van der Waals surface area (Å²) in [5.74, 6) is -0.752. The van der Waals surface area contributed by atoms with Crippen molar-refractivity contribution < 1.29 is 9.59 Å². The Labute approximate surface area is 87.0 Å². The van der Waals surface area contributed by atoms with Crippen LogP contribution in [-0.2, 0) is 9.59 Å². The summed E-state index contributed by atoms with van der Waals surface area (Å²) in [6.07, 6.45) is 3.69. The zero-order chi connectivity index (χ0) is 10.1. The third-order valence-electron chi connectivity index (χ3n) is 2.51. The number of nitrogens with one attached hydrogen (secondary N) is 1. The van der Waals surface area contributed by atoms with E-state index in [1.54, 1.807) is 0 Å². The molecule has 74 valence electrons. The van der Waals surface area contributed by atoms with E-state index in [2.05, 4.69) is 22.5 Å². The predicted octanol–water partition coefficient (Wildman–Crippen LogP) is 0.655. The fourth-order valence-corrected chi connectivity index (χ4v) is 1.98. The van der Waals surface area contributed by atoms with Gasteiger partial charge in [0.2, 0.25) is 5.91 Å². The molecule has 14 heavy (non-hydrogen) atoms. The minimum Gasteiger partial charge on any atom is -0.302 e. The van der Waals surface area contributed by atoms with Gasteiger partial charge in [-0.05, 0) is 12.8 Å². The van der Waals surface area contributed by atoms with Crippen molar-refractivity contribution >= 4 is 30.7 Å². The number of amides is 1. The van der Waals surface area contributed by atoms with Gasteiger partial charge in [0.05, 0.1) is 0 Å². The lowest BCUT2D eigenvalue weighted by Crippen LogP contribution is -2.29. The van der Waals surface area contributed by atoms with E-state index < -0.39 is 5.92 Å². The van der Waals surface area contributed by atoms with Gasteiger partial charge in [-0.1, -0.05) is 12.8 Å². The molecule has 2 rings (SSSR count). The van der Waals surface area contributed by atoms with Crippen LogP contribution in [0.25, 0.3) is 0 Å². The second-order valence-electron chi connectivity index (χ2n) is 3.37. The molecule has 1 aliphatic carbocycles. The Hall–Kier alpha value is -1.10. The van der Waals surface area contributed by atoms with Crippen molar-refractivity contribution in [2.24, 2.45) is 10.9 Å². The first-order valence-electron chi connectivity index (χ1n) is 4.48. The van der Waals surface area contributed by atoms with Crippen molar-refractivity contribution in [3.05, 3.63) is 11.3 Å². The van der Waals surface area contributed by atoms with Gasteiger partial charge in [-0.2, -0.15) is 0 Å². The van der Waals surface area contributed by atoms with E-state index in [0.717, 1.165) is 18.5 Å². The molecule has 1 atom stereocenters. The molecular weight excluding hydrogens is 200 g/mol. The molecule has 0 saturated carbocycles. The number of allylic oxidation sites excluding steroid dienone is 1. The van der Waals surface area contributed by atoms with E-state index >= 15 is 0 Å². The maximum Gasteiger partial charge on any atom is 0.242 e. The van der Waals surface area contributed by atoms with Crippen molar-refractivity contribution in [1.82, 2.24) is 4.72 Å². The quantitative estimate of drug-likeness (QED) is 0.624. The standard InChI is InChI=1S/C9H10N2O2S/c12-7-3-1-2-6-8(7)5(4-10-6)9(13)11-14/h4-5,14H,1-3H2,(H,11,13). The molecule has 1 aliphatic heterocycles. The van der Waals surface area contributed by atoms with Crippen LogP contribution in [0, 0.1) is 5.92 Å². The Morgan fingerprint density at radius 2 is 2.36 bits per heavy atom. The Morgan fingerprint density at radius 1 is 1.57 bits per heavy atom. The summed E-state index contributed by atoms with van der Waals surface area (Å²) >= 11 is 3.68. The Balaban J connectivity index is 2.32. The lowest BCUT2D eigenvalue weighted by molar-refractivity contribution is -0.123. The maximum absolute atomic E-state index is 11.6. The molecule has 1 amide bonds. The third-order valence-corrected chi connectivity index (χ3v) is 2.73. The summed E-state index contributed by atoms with van der Waals surface area (Å²) in [7, 11) is 0. The van der Waals surface area contributed by atoms with Crippen LogP contribution in [0.1, 0.15) is 19.3 Å². The molecule has 2 aliphatic rings. The first kappa shape index (κ1) is 9.45. The number of Topliss-reactive ketones (excluding diaryl/α,β-unsaturated/α-hetero) is 1. The van der Waals surface area contributed by atoms with Gasteiger partial charge in [0, 0.05) is 23.9 Å². The highest BCUT2D eigenvalue weighted by Crippen LogP contribution is 2.32. The van der Waals surface area contributed by atoms with Gasteiger partial charge in [0.25, 0.3) is 0 Å². The molecule has 5 heteroatoms. The first-order chi connectivity index (χ1) is 6.74. The van der Waals surface area contributed by atoms with Crippen molar-refractivity contribution in [1.29, 1.82) is 0 Å². The van der Waals surface area contributed by atoms with Gasteiger partial charge in [-0.15, -0.1) is 0 Å². The highest BCUT2D eigenvalue weighted by Gasteiger charge is 2.34. The van der Waals surface area contributed by atoms with Gasteiger partial charge in [0.1, 0.15) is 5.92 Å². The number of hydrogen-bond acceptors (Lipinski definition) is 4. The summed E-state index contributed by atoms with van der Waals surface area (Å²) in [5.41, 5.74) is 1.35. The topological polar surface area (TPSA) is 58.5 Å². The molecule has 0 aromatic heterocycles. The smallest absolute Gasteiger partial charge is 0.242 e. The first-order valence-corrected chi connectivity index (χ1v) is 4.93. The van der Waals surface area contributed by atoms with Gasteiger partial charge in [-0.25, -0.2) is 0 Å². The number of nitrogens with zero attached hydrogens (tertiary/aromatic N) is 1. The molecule has 1 unspecified atom stereocenters. The molecule has 0 radical (unpaired) electrons. The fraction of sp³-hybridized carbons (Fsp3) is 0.444. The number of rotatable bonds is 1. The van der Waals surface area contributed by atoms with Crippen LogP contribution >= 0.6 is 12.8 Å². The van der Waals surface area contributed by atoms with Crippen LogP contribution in [0.4, 0.5) is 0 Å². The molecule has 4 nitrogen and oxygen atoms in total. The molecule has 1 N–H and O–H groups in total. The largest absolute Gasteiger partial charge is 0.302 e. The normalized spacial score (nSPS) is 25.2. The number of ketones is 1. The highest BCUT2D eigenvalue weighted by atomic mass is 32.1. The number of carbonyl (C=O) groups excluding carboxylic acids is 2.